The number of hydrogen-bond acceptors (Lipinski definition) is 6. The lowest BCUT2D eigenvalue weighted by molar-refractivity contribution is -0.139. The SMILES string of the molecule is COc1cc(C(N)=O)ccc1Nc1ncc(C(F)(F)F)c(Oc2cccc3c2CCC3)n1. The van der Waals surface area contributed by atoms with E-state index in [0.29, 0.717) is 17.6 Å². The Labute approximate surface area is 181 Å². The number of alkyl halides is 3. The van der Waals surface area contributed by atoms with Crippen LogP contribution < -0.4 is 20.5 Å². The van der Waals surface area contributed by atoms with Gasteiger partial charge in [-0.15, -0.1) is 0 Å². The fourth-order valence-electron chi connectivity index (χ4n) is 3.55. The monoisotopic (exact) mass is 444 g/mol. The third-order valence-corrected chi connectivity index (χ3v) is 5.10. The number of ether oxygens (including phenoxy) is 2. The maximum atomic E-state index is 13.6. The molecule has 3 N–H and O–H groups in total. The van der Waals surface area contributed by atoms with Crippen molar-refractivity contribution < 1.29 is 27.4 Å². The lowest BCUT2D eigenvalue weighted by Gasteiger charge is -2.16. The third-order valence-electron chi connectivity index (χ3n) is 5.10. The van der Waals surface area contributed by atoms with E-state index in [2.05, 4.69) is 15.3 Å². The third kappa shape index (κ3) is 4.29. The highest BCUT2D eigenvalue weighted by molar-refractivity contribution is 5.94. The van der Waals surface area contributed by atoms with Gasteiger partial charge in [0, 0.05) is 11.8 Å². The molecule has 0 aliphatic heterocycles. The van der Waals surface area contributed by atoms with Crippen LogP contribution in [0, 0.1) is 0 Å². The van der Waals surface area contributed by atoms with Crippen molar-refractivity contribution >= 4 is 17.5 Å². The van der Waals surface area contributed by atoms with Crippen LogP contribution in [0.15, 0.2) is 42.6 Å². The summed E-state index contributed by atoms with van der Waals surface area (Å²) in [6.07, 6.45) is -1.53. The van der Waals surface area contributed by atoms with E-state index in [9.17, 15) is 18.0 Å². The molecule has 0 saturated carbocycles. The molecule has 166 valence electrons. The second kappa shape index (κ2) is 8.37. The van der Waals surface area contributed by atoms with Crippen molar-refractivity contribution in [2.45, 2.75) is 25.4 Å². The zero-order valence-electron chi connectivity index (χ0n) is 17.0. The van der Waals surface area contributed by atoms with Gasteiger partial charge in [0.2, 0.25) is 17.7 Å². The summed E-state index contributed by atoms with van der Waals surface area (Å²) in [5.74, 6) is -0.799. The largest absolute Gasteiger partial charge is 0.495 e. The van der Waals surface area contributed by atoms with Crippen LogP contribution in [0.4, 0.5) is 24.8 Å². The van der Waals surface area contributed by atoms with Crippen molar-refractivity contribution in [2.75, 3.05) is 12.4 Å². The quantitative estimate of drug-likeness (QED) is 0.575. The summed E-state index contributed by atoms with van der Waals surface area (Å²) in [6, 6.07) is 9.66. The molecule has 0 atom stereocenters. The van der Waals surface area contributed by atoms with Gasteiger partial charge in [-0.3, -0.25) is 4.79 Å². The molecule has 1 heterocycles. The van der Waals surface area contributed by atoms with Gasteiger partial charge in [0.15, 0.2) is 0 Å². The molecular formula is C22H19F3N4O3. The molecule has 0 saturated heterocycles. The van der Waals surface area contributed by atoms with Crippen LogP contribution in [-0.2, 0) is 19.0 Å². The van der Waals surface area contributed by atoms with Crippen molar-refractivity contribution in [3.8, 4) is 17.4 Å². The molecule has 0 unspecified atom stereocenters. The number of amides is 1. The molecule has 0 radical (unpaired) electrons. The number of benzene rings is 2. The number of methoxy groups -OCH3 is 1. The molecule has 2 aromatic carbocycles. The van der Waals surface area contributed by atoms with Gasteiger partial charge >= 0.3 is 6.18 Å². The van der Waals surface area contributed by atoms with Gasteiger partial charge in [-0.2, -0.15) is 18.2 Å². The summed E-state index contributed by atoms with van der Waals surface area (Å²) in [7, 11) is 1.38. The molecule has 3 aromatic rings. The van der Waals surface area contributed by atoms with E-state index in [1.165, 1.54) is 25.3 Å². The second-order valence-corrected chi connectivity index (χ2v) is 7.16. The molecule has 7 nitrogen and oxygen atoms in total. The van der Waals surface area contributed by atoms with Crippen LogP contribution in [-0.4, -0.2) is 23.0 Å². The maximum absolute atomic E-state index is 13.6. The number of carbonyl (C=O) groups is 1. The topological polar surface area (TPSA) is 99.4 Å². The zero-order valence-corrected chi connectivity index (χ0v) is 17.0. The van der Waals surface area contributed by atoms with E-state index in [4.69, 9.17) is 15.2 Å². The van der Waals surface area contributed by atoms with Gasteiger partial charge in [0.25, 0.3) is 0 Å². The number of nitrogens with one attached hydrogen (secondary N) is 1. The van der Waals surface area contributed by atoms with E-state index < -0.39 is 23.5 Å². The van der Waals surface area contributed by atoms with Crippen LogP contribution in [0.2, 0.25) is 0 Å². The Morgan fingerprint density at radius 3 is 2.69 bits per heavy atom. The van der Waals surface area contributed by atoms with Crippen molar-refractivity contribution in [3.05, 3.63) is 64.8 Å². The van der Waals surface area contributed by atoms with Gasteiger partial charge < -0.3 is 20.5 Å². The Kier molecular flexibility index (Phi) is 5.60. The zero-order chi connectivity index (χ0) is 22.9. The first-order chi connectivity index (χ1) is 15.3. The Morgan fingerprint density at radius 1 is 1.16 bits per heavy atom. The smallest absolute Gasteiger partial charge is 0.423 e. The van der Waals surface area contributed by atoms with E-state index in [-0.39, 0.29) is 17.3 Å². The van der Waals surface area contributed by atoms with E-state index >= 15 is 0 Å². The van der Waals surface area contributed by atoms with Gasteiger partial charge in [0.1, 0.15) is 17.1 Å². The molecule has 1 aromatic heterocycles. The van der Waals surface area contributed by atoms with Crippen LogP contribution in [0.1, 0.15) is 33.5 Å². The fourth-order valence-corrected chi connectivity index (χ4v) is 3.55. The van der Waals surface area contributed by atoms with Crippen molar-refractivity contribution in [1.29, 1.82) is 0 Å². The van der Waals surface area contributed by atoms with E-state index in [1.54, 1.807) is 12.1 Å². The van der Waals surface area contributed by atoms with Crippen LogP contribution >= 0.6 is 0 Å². The van der Waals surface area contributed by atoms with Gasteiger partial charge in [-0.25, -0.2) is 4.98 Å². The van der Waals surface area contributed by atoms with Crippen LogP contribution in [0.3, 0.4) is 0 Å². The molecular weight excluding hydrogens is 425 g/mol. The highest BCUT2D eigenvalue weighted by Gasteiger charge is 2.37. The molecule has 1 aliphatic rings. The number of fused-ring (bicyclic) bond motifs is 1. The van der Waals surface area contributed by atoms with Gasteiger partial charge in [0.05, 0.1) is 12.8 Å². The molecule has 0 bridgehead atoms. The Balaban J connectivity index is 1.70. The molecule has 0 fully saturated rings. The summed E-state index contributed by atoms with van der Waals surface area (Å²) in [6.45, 7) is 0. The van der Waals surface area contributed by atoms with Gasteiger partial charge in [-0.1, -0.05) is 12.1 Å². The minimum Gasteiger partial charge on any atom is -0.495 e. The summed E-state index contributed by atoms with van der Waals surface area (Å²) in [5.41, 5.74) is 6.67. The number of hydrogen-bond donors (Lipinski definition) is 2. The predicted octanol–water partition coefficient (Wildman–Crippen LogP) is 4.63. The van der Waals surface area contributed by atoms with E-state index in [1.807, 2.05) is 6.07 Å². The van der Waals surface area contributed by atoms with Crippen molar-refractivity contribution in [3.63, 3.8) is 0 Å². The molecule has 1 amide bonds. The predicted molar refractivity (Wildman–Crippen MR) is 110 cm³/mol. The number of nitrogens with two attached hydrogens (primary N) is 1. The molecule has 1 aliphatic carbocycles. The number of rotatable bonds is 6. The Hall–Kier alpha value is -3.82. The standard InChI is InChI=1S/C22H19F3N4O3/c1-31-18-10-13(19(26)30)8-9-16(18)28-21-27-11-15(22(23,24)25)20(29-21)32-17-7-3-5-12-4-2-6-14(12)17/h3,5,7-11H,2,4,6H2,1H3,(H2,26,30)(H,27,28,29). The average Bonchev–Trinajstić information content (AvgIpc) is 3.23. The van der Waals surface area contributed by atoms with E-state index in [0.717, 1.165) is 30.4 Å². The first-order valence-electron chi connectivity index (χ1n) is 9.74. The average molecular weight is 444 g/mol. The number of aryl methyl sites for hydroxylation is 1. The maximum Gasteiger partial charge on any atom is 0.423 e. The molecule has 32 heavy (non-hydrogen) atoms. The highest BCUT2D eigenvalue weighted by Crippen LogP contribution is 2.40. The number of carbonyl (C=O) groups excluding carboxylic acids is 1. The lowest BCUT2D eigenvalue weighted by Crippen LogP contribution is -2.12. The Morgan fingerprint density at radius 2 is 1.97 bits per heavy atom. The first kappa shape index (κ1) is 21.4. The van der Waals surface area contributed by atoms with Crippen molar-refractivity contribution in [2.24, 2.45) is 5.73 Å². The molecule has 4 rings (SSSR count). The number of anilines is 2. The van der Waals surface area contributed by atoms with Crippen LogP contribution in [0.5, 0.6) is 17.4 Å². The fraction of sp³-hybridized carbons (Fsp3) is 0.227. The van der Waals surface area contributed by atoms with Gasteiger partial charge in [-0.05, 0) is 54.7 Å². The molecule has 10 heteroatoms. The normalized spacial score (nSPS) is 12.9. The minimum absolute atomic E-state index is 0.134. The number of halogens is 3. The summed E-state index contributed by atoms with van der Waals surface area (Å²) in [4.78, 5) is 19.1. The summed E-state index contributed by atoms with van der Waals surface area (Å²) in [5, 5.41) is 2.80. The number of nitrogens with zero attached hydrogens (tertiary/aromatic N) is 2. The van der Waals surface area contributed by atoms with Crippen LogP contribution in [0.25, 0.3) is 0 Å². The second-order valence-electron chi connectivity index (χ2n) is 7.16. The molecule has 0 spiro atoms. The highest BCUT2D eigenvalue weighted by atomic mass is 19.4. The van der Waals surface area contributed by atoms with Crippen molar-refractivity contribution in [1.82, 2.24) is 9.97 Å². The number of primary amides is 1. The Bertz CT molecular complexity index is 1180. The first-order valence-corrected chi connectivity index (χ1v) is 9.74. The summed E-state index contributed by atoms with van der Waals surface area (Å²) >= 11 is 0. The lowest BCUT2D eigenvalue weighted by atomic mass is 10.1. The minimum atomic E-state index is -4.70. The summed E-state index contributed by atoms with van der Waals surface area (Å²) < 4.78 is 51.6. The number of aromatic nitrogens is 2.